The SMILES string of the molecule is COC(=O)C(CC(C)C)NC(=O)c1ccc2[nH]c3c(c2c1)CC(C)CC3. The summed E-state index contributed by atoms with van der Waals surface area (Å²) >= 11 is 0. The highest BCUT2D eigenvalue weighted by Gasteiger charge is 2.24. The number of fused-ring (bicyclic) bond motifs is 3. The molecule has 1 aromatic heterocycles. The molecule has 0 saturated heterocycles. The number of aryl methyl sites for hydroxylation is 1. The van der Waals surface area contributed by atoms with Crippen LogP contribution in [0.5, 0.6) is 0 Å². The first-order valence-corrected chi connectivity index (χ1v) is 9.41. The van der Waals surface area contributed by atoms with Crippen LogP contribution in [0.3, 0.4) is 0 Å². The number of aromatic nitrogens is 1. The van der Waals surface area contributed by atoms with Crippen LogP contribution in [0.15, 0.2) is 18.2 Å². The molecule has 3 rings (SSSR count). The lowest BCUT2D eigenvalue weighted by atomic mass is 9.87. The Morgan fingerprint density at radius 1 is 1.35 bits per heavy atom. The highest BCUT2D eigenvalue weighted by Crippen LogP contribution is 2.32. The fourth-order valence-electron chi connectivity index (χ4n) is 3.80. The predicted octanol–water partition coefficient (Wildman–Crippen LogP) is 3.61. The van der Waals surface area contributed by atoms with Crippen LogP contribution in [0.1, 0.15) is 55.2 Å². The topological polar surface area (TPSA) is 71.2 Å². The van der Waals surface area contributed by atoms with E-state index in [0.717, 1.165) is 23.7 Å². The van der Waals surface area contributed by atoms with Crippen molar-refractivity contribution in [1.82, 2.24) is 10.3 Å². The lowest BCUT2D eigenvalue weighted by Crippen LogP contribution is -2.42. The molecule has 140 valence electrons. The molecule has 0 aliphatic heterocycles. The molecule has 5 heteroatoms. The second kappa shape index (κ2) is 7.52. The lowest BCUT2D eigenvalue weighted by molar-refractivity contribution is -0.143. The summed E-state index contributed by atoms with van der Waals surface area (Å²) in [6.45, 7) is 6.30. The third-order valence-electron chi connectivity index (χ3n) is 5.19. The molecule has 0 radical (unpaired) electrons. The van der Waals surface area contributed by atoms with Crippen molar-refractivity contribution in [1.29, 1.82) is 0 Å². The van der Waals surface area contributed by atoms with Gasteiger partial charge in [-0.1, -0.05) is 20.8 Å². The van der Waals surface area contributed by atoms with Gasteiger partial charge in [0.25, 0.3) is 5.91 Å². The highest BCUT2D eigenvalue weighted by atomic mass is 16.5. The van der Waals surface area contributed by atoms with E-state index < -0.39 is 12.0 Å². The minimum absolute atomic E-state index is 0.234. The Bertz CT molecular complexity index is 822. The first kappa shape index (κ1) is 18.5. The van der Waals surface area contributed by atoms with Gasteiger partial charge in [-0.3, -0.25) is 4.79 Å². The minimum atomic E-state index is -0.622. The van der Waals surface area contributed by atoms with Gasteiger partial charge in [-0.2, -0.15) is 0 Å². The van der Waals surface area contributed by atoms with E-state index in [-0.39, 0.29) is 11.8 Å². The second-order valence-corrected chi connectivity index (χ2v) is 7.87. The predicted molar refractivity (Wildman–Crippen MR) is 102 cm³/mol. The van der Waals surface area contributed by atoms with Crippen LogP contribution in [0.25, 0.3) is 10.9 Å². The number of nitrogens with one attached hydrogen (secondary N) is 2. The molecule has 1 aromatic carbocycles. The zero-order valence-corrected chi connectivity index (χ0v) is 16.0. The molecular weight excluding hydrogens is 328 g/mol. The molecule has 2 unspecified atom stereocenters. The molecule has 26 heavy (non-hydrogen) atoms. The molecule has 0 fully saturated rings. The normalized spacial score (nSPS) is 17.8. The van der Waals surface area contributed by atoms with Gasteiger partial charge < -0.3 is 15.0 Å². The summed E-state index contributed by atoms with van der Waals surface area (Å²) in [4.78, 5) is 28.2. The Hall–Kier alpha value is -2.30. The maximum Gasteiger partial charge on any atom is 0.328 e. The van der Waals surface area contributed by atoms with Gasteiger partial charge in [0, 0.05) is 22.2 Å². The van der Waals surface area contributed by atoms with Gasteiger partial charge in [-0.05, 0) is 61.3 Å². The number of benzene rings is 1. The summed E-state index contributed by atoms with van der Waals surface area (Å²) in [5, 5.41) is 3.96. The summed E-state index contributed by atoms with van der Waals surface area (Å²) in [7, 11) is 1.35. The second-order valence-electron chi connectivity index (χ2n) is 7.87. The zero-order chi connectivity index (χ0) is 18.8. The van der Waals surface area contributed by atoms with E-state index in [4.69, 9.17) is 4.74 Å². The summed E-state index contributed by atoms with van der Waals surface area (Å²) in [6, 6.07) is 5.10. The van der Waals surface area contributed by atoms with Crippen LogP contribution >= 0.6 is 0 Å². The molecule has 0 bridgehead atoms. The number of esters is 1. The van der Waals surface area contributed by atoms with Gasteiger partial charge in [0.1, 0.15) is 6.04 Å². The summed E-state index contributed by atoms with van der Waals surface area (Å²) in [5.41, 5.74) is 4.28. The molecule has 2 atom stereocenters. The summed E-state index contributed by atoms with van der Waals surface area (Å²) in [6.07, 6.45) is 3.85. The molecule has 1 aliphatic carbocycles. The number of carbonyl (C=O) groups is 2. The van der Waals surface area contributed by atoms with Crippen molar-refractivity contribution >= 4 is 22.8 Å². The fraction of sp³-hybridized carbons (Fsp3) is 0.524. The third kappa shape index (κ3) is 3.76. The van der Waals surface area contributed by atoms with Gasteiger partial charge in [-0.15, -0.1) is 0 Å². The Balaban J connectivity index is 1.86. The maximum absolute atomic E-state index is 12.7. The molecule has 1 aliphatic rings. The molecule has 1 heterocycles. The molecular formula is C21H28N2O3. The summed E-state index contributed by atoms with van der Waals surface area (Å²) in [5.74, 6) is 0.302. The molecule has 2 N–H and O–H groups in total. The number of amides is 1. The fourth-order valence-corrected chi connectivity index (χ4v) is 3.80. The van der Waals surface area contributed by atoms with E-state index in [1.165, 1.54) is 24.8 Å². The van der Waals surface area contributed by atoms with Crippen molar-refractivity contribution < 1.29 is 14.3 Å². The van der Waals surface area contributed by atoms with Gasteiger partial charge in [-0.25, -0.2) is 4.79 Å². The van der Waals surface area contributed by atoms with Gasteiger partial charge in [0.05, 0.1) is 7.11 Å². The lowest BCUT2D eigenvalue weighted by Gasteiger charge is -2.19. The zero-order valence-electron chi connectivity index (χ0n) is 16.0. The maximum atomic E-state index is 12.7. The van der Waals surface area contributed by atoms with Crippen LogP contribution < -0.4 is 5.32 Å². The average Bonchev–Trinajstić information content (AvgIpc) is 2.97. The van der Waals surface area contributed by atoms with Crippen molar-refractivity contribution in [3.8, 4) is 0 Å². The molecule has 0 saturated carbocycles. The number of methoxy groups -OCH3 is 1. The van der Waals surface area contributed by atoms with E-state index in [1.807, 2.05) is 32.0 Å². The van der Waals surface area contributed by atoms with Crippen LogP contribution in [0.4, 0.5) is 0 Å². The number of hydrogen-bond donors (Lipinski definition) is 2. The molecule has 0 spiro atoms. The van der Waals surface area contributed by atoms with Crippen LogP contribution in [0.2, 0.25) is 0 Å². The minimum Gasteiger partial charge on any atom is -0.467 e. The van der Waals surface area contributed by atoms with E-state index >= 15 is 0 Å². The Kier molecular flexibility index (Phi) is 5.35. The van der Waals surface area contributed by atoms with Crippen molar-refractivity contribution in [2.45, 2.75) is 52.5 Å². The number of H-pyrrole nitrogens is 1. The van der Waals surface area contributed by atoms with Gasteiger partial charge >= 0.3 is 5.97 Å². The van der Waals surface area contributed by atoms with Gasteiger partial charge in [0.15, 0.2) is 0 Å². The van der Waals surface area contributed by atoms with Crippen LogP contribution in [0, 0.1) is 11.8 Å². The number of aromatic amines is 1. The number of carbonyl (C=O) groups excluding carboxylic acids is 2. The molecule has 1 amide bonds. The van der Waals surface area contributed by atoms with E-state index in [0.29, 0.717) is 17.9 Å². The number of ether oxygens (including phenoxy) is 1. The Labute approximate surface area is 154 Å². The first-order chi connectivity index (χ1) is 12.4. The first-order valence-electron chi connectivity index (χ1n) is 9.41. The molecule has 2 aromatic rings. The summed E-state index contributed by atoms with van der Waals surface area (Å²) < 4.78 is 4.84. The largest absolute Gasteiger partial charge is 0.467 e. The number of rotatable bonds is 5. The molecule has 5 nitrogen and oxygen atoms in total. The smallest absolute Gasteiger partial charge is 0.328 e. The number of hydrogen-bond acceptors (Lipinski definition) is 3. The van der Waals surface area contributed by atoms with E-state index in [1.54, 1.807) is 0 Å². The standard InChI is InChI=1S/C21H28N2O3/c1-12(2)9-19(21(25)26-4)23-20(24)14-6-8-18-16(11-14)15-10-13(3)5-7-17(15)22-18/h6,8,11-13,19,22H,5,7,9-10H2,1-4H3,(H,23,24). The van der Waals surface area contributed by atoms with Gasteiger partial charge in [0.2, 0.25) is 0 Å². The van der Waals surface area contributed by atoms with Crippen molar-refractivity contribution in [2.24, 2.45) is 11.8 Å². The highest BCUT2D eigenvalue weighted by molar-refractivity contribution is 6.00. The van der Waals surface area contributed by atoms with Crippen molar-refractivity contribution in [3.63, 3.8) is 0 Å². The van der Waals surface area contributed by atoms with E-state index in [2.05, 4.69) is 17.2 Å². The average molecular weight is 356 g/mol. The van der Waals surface area contributed by atoms with Crippen molar-refractivity contribution in [2.75, 3.05) is 7.11 Å². The Morgan fingerprint density at radius 3 is 2.81 bits per heavy atom. The Morgan fingerprint density at radius 2 is 2.12 bits per heavy atom. The van der Waals surface area contributed by atoms with Crippen LogP contribution in [-0.2, 0) is 22.4 Å². The van der Waals surface area contributed by atoms with Crippen LogP contribution in [-0.4, -0.2) is 30.0 Å². The van der Waals surface area contributed by atoms with Crippen molar-refractivity contribution in [3.05, 3.63) is 35.0 Å². The van der Waals surface area contributed by atoms with E-state index in [9.17, 15) is 9.59 Å². The quantitative estimate of drug-likeness (QED) is 0.804. The monoisotopic (exact) mass is 356 g/mol. The third-order valence-corrected chi connectivity index (χ3v) is 5.19.